The van der Waals surface area contributed by atoms with Gasteiger partial charge in [0.05, 0.1) is 12.2 Å². The molecule has 0 amide bonds. The Morgan fingerprint density at radius 2 is 2.00 bits per heavy atom. The van der Waals surface area contributed by atoms with Crippen LogP contribution < -0.4 is 10.9 Å². The number of hydrogen-bond acceptors (Lipinski definition) is 4. The Kier molecular flexibility index (Phi) is 3.84. The van der Waals surface area contributed by atoms with E-state index < -0.39 is 0 Å². The molecule has 0 saturated carbocycles. The molecule has 3 heterocycles. The molecule has 4 aromatic rings. The Balaban J connectivity index is 1.57. The van der Waals surface area contributed by atoms with E-state index in [0.717, 1.165) is 11.4 Å². The van der Waals surface area contributed by atoms with Crippen molar-refractivity contribution in [2.45, 2.75) is 6.54 Å². The molecule has 3 aromatic heterocycles. The van der Waals surface area contributed by atoms with Crippen LogP contribution in [0.1, 0.15) is 5.69 Å². The second-order valence-electron chi connectivity index (χ2n) is 5.43. The molecule has 0 fully saturated rings. The summed E-state index contributed by atoms with van der Waals surface area (Å²) in [6.45, 7) is 0.508. The molecule has 0 aliphatic carbocycles. The average Bonchev–Trinajstić information content (AvgIpc) is 3.15. The van der Waals surface area contributed by atoms with Gasteiger partial charge in [-0.15, -0.1) is 11.3 Å². The lowest BCUT2D eigenvalue weighted by Crippen LogP contribution is -2.16. The molecular weight excluding hydrogens is 318 g/mol. The van der Waals surface area contributed by atoms with Crippen molar-refractivity contribution in [2.75, 3.05) is 5.32 Å². The van der Waals surface area contributed by atoms with Crippen LogP contribution in [0, 0.1) is 0 Å². The summed E-state index contributed by atoms with van der Waals surface area (Å²) in [5.74, 6) is 0. The summed E-state index contributed by atoms with van der Waals surface area (Å²) in [6, 6.07) is 19.5. The van der Waals surface area contributed by atoms with Crippen molar-refractivity contribution in [3.8, 4) is 10.4 Å². The molecule has 0 unspecified atom stereocenters. The lowest BCUT2D eigenvalue weighted by atomic mass is 10.1. The predicted octanol–water partition coefficient (Wildman–Crippen LogP) is 4.04. The van der Waals surface area contributed by atoms with Crippen LogP contribution in [0.15, 0.2) is 77.0 Å². The largest absolute Gasteiger partial charge is 0.379 e. The summed E-state index contributed by atoms with van der Waals surface area (Å²) in [4.78, 5) is 17.9. The fourth-order valence-electron chi connectivity index (χ4n) is 2.61. The predicted molar refractivity (Wildman–Crippen MR) is 98.5 cm³/mol. The zero-order chi connectivity index (χ0) is 16.4. The van der Waals surface area contributed by atoms with Crippen molar-refractivity contribution in [3.05, 3.63) is 88.3 Å². The Morgan fingerprint density at radius 1 is 1.04 bits per heavy atom. The number of rotatable bonds is 4. The van der Waals surface area contributed by atoms with Gasteiger partial charge in [-0.25, -0.2) is 4.98 Å². The van der Waals surface area contributed by atoms with E-state index in [2.05, 4.69) is 33.9 Å². The fraction of sp³-hybridized carbons (Fsp3) is 0.0526. The molecule has 0 aliphatic rings. The van der Waals surface area contributed by atoms with Crippen LogP contribution in [0.4, 0.5) is 5.69 Å². The highest BCUT2D eigenvalue weighted by Gasteiger charge is 2.03. The number of nitrogens with one attached hydrogen (secondary N) is 1. The number of thiophene rings is 1. The van der Waals surface area contributed by atoms with Crippen LogP contribution in [-0.2, 0) is 6.54 Å². The number of benzene rings is 1. The van der Waals surface area contributed by atoms with Gasteiger partial charge in [0, 0.05) is 22.8 Å². The molecule has 4 nitrogen and oxygen atoms in total. The number of anilines is 1. The highest BCUT2D eigenvalue weighted by molar-refractivity contribution is 7.13. The van der Waals surface area contributed by atoms with Crippen molar-refractivity contribution >= 4 is 22.7 Å². The summed E-state index contributed by atoms with van der Waals surface area (Å²) in [6.07, 6.45) is 1.73. The molecule has 0 bridgehead atoms. The first-order chi connectivity index (χ1) is 11.8. The van der Waals surface area contributed by atoms with Gasteiger partial charge in [0.25, 0.3) is 5.56 Å². The molecule has 0 aliphatic heterocycles. The minimum Gasteiger partial charge on any atom is -0.379 e. The molecule has 4 rings (SSSR count). The Morgan fingerprint density at radius 3 is 2.88 bits per heavy atom. The smallest absolute Gasteiger partial charge is 0.258 e. The van der Waals surface area contributed by atoms with Gasteiger partial charge in [-0.05, 0) is 41.3 Å². The third kappa shape index (κ3) is 2.94. The molecule has 0 spiro atoms. The monoisotopic (exact) mass is 333 g/mol. The minimum atomic E-state index is -0.0651. The van der Waals surface area contributed by atoms with Gasteiger partial charge in [0.15, 0.2) is 0 Å². The van der Waals surface area contributed by atoms with E-state index in [1.54, 1.807) is 28.0 Å². The van der Waals surface area contributed by atoms with E-state index in [4.69, 9.17) is 0 Å². The number of pyridine rings is 1. The zero-order valence-corrected chi connectivity index (χ0v) is 13.7. The third-order valence-corrected chi connectivity index (χ3v) is 4.68. The molecule has 24 heavy (non-hydrogen) atoms. The van der Waals surface area contributed by atoms with Crippen LogP contribution in [0.25, 0.3) is 16.1 Å². The Labute approximate surface area is 143 Å². The van der Waals surface area contributed by atoms with Crippen LogP contribution in [0.3, 0.4) is 0 Å². The molecule has 0 atom stereocenters. The first-order valence-corrected chi connectivity index (χ1v) is 8.53. The normalized spacial score (nSPS) is 10.8. The van der Waals surface area contributed by atoms with Crippen LogP contribution in [0.5, 0.6) is 0 Å². The second-order valence-corrected chi connectivity index (χ2v) is 6.37. The summed E-state index contributed by atoms with van der Waals surface area (Å²) >= 11 is 1.72. The number of fused-ring (bicyclic) bond motifs is 1. The van der Waals surface area contributed by atoms with Gasteiger partial charge in [-0.2, -0.15) is 0 Å². The molecule has 1 N–H and O–H groups in total. The van der Waals surface area contributed by atoms with Crippen molar-refractivity contribution in [1.82, 2.24) is 9.38 Å². The molecule has 1 aromatic carbocycles. The molecular formula is C19H15N3OS. The minimum absolute atomic E-state index is 0.0651. The number of nitrogens with zero attached hydrogens (tertiary/aromatic N) is 2. The average molecular weight is 333 g/mol. The zero-order valence-electron chi connectivity index (χ0n) is 12.8. The van der Waals surface area contributed by atoms with E-state index >= 15 is 0 Å². The Bertz CT molecular complexity index is 1040. The van der Waals surface area contributed by atoms with Crippen molar-refractivity contribution in [1.29, 1.82) is 0 Å². The lowest BCUT2D eigenvalue weighted by molar-refractivity contribution is 0.971. The highest BCUT2D eigenvalue weighted by atomic mass is 32.1. The standard InChI is InChI=1S/C19H15N3OS/c23-19-12-16(21-18-8-1-2-9-22(18)19)13-20-15-6-3-5-14(11-15)17-7-4-10-24-17/h1-12,20H,13H2. The van der Waals surface area contributed by atoms with E-state index in [9.17, 15) is 4.79 Å². The van der Waals surface area contributed by atoms with Gasteiger partial charge >= 0.3 is 0 Å². The van der Waals surface area contributed by atoms with E-state index in [-0.39, 0.29) is 5.56 Å². The maximum absolute atomic E-state index is 12.1. The maximum Gasteiger partial charge on any atom is 0.258 e. The first-order valence-electron chi connectivity index (χ1n) is 7.65. The van der Waals surface area contributed by atoms with E-state index in [0.29, 0.717) is 12.2 Å². The quantitative estimate of drug-likeness (QED) is 0.613. The summed E-state index contributed by atoms with van der Waals surface area (Å²) in [5, 5.41) is 5.42. The van der Waals surface area contributed by atoms with Crippen LogP contribution in [0.2, 0.25) is 0 Å². The molecule has 0 saturated heterocycles. The van der Waals surface area contributed by atoms with Crippen LogP contribution in [-0.4, -0.2) is 9.38 Å². The SMILES string of the molecule is O=c1cc(CNc2cccc(-c3cccs3)c2)nc2ccccn12. The van der Waals surface area contributed by atoms with Crippen molar-refractivity contribution < 1.29 is 0 Å². The van der Waals surface area contributed by atoms with Crippen molar-refractivity contribution in [3.63, 3.8) is 0 Å². The van der Waals surface area contributed by atoms with E-state index in [1.807, 2.05) is 36.4 Å². The summed E-state index contributed by atoms with van der Waals surface area (Å²) < 4.78 is 1.54. The van der Waals surface area contributed by atoms with Gasteiger partial charge in [-0.1, -0.05) is 24.3 Å². The molecule has 0 radical (unpaired) electrons. The van der Waals surface area contributed by atoms with Gasteiger partial charge in [-0.3, -0.25) is 9.20 Å². The Hall–Kier alpha value is -2.92. The van der Waals surface area contributed by atoms with E-state index in [1.165, 1.54) is 10.4 Å². The van der Waals surface area contributed by atoms with Gasteiger partial charge in [0.2, 0.25) is 0 Å². The fourth-order valence-corrected chi connectivity index (χ4v) is 3.34. The summed E-state index contributed by atoms with van der Waals surface area (Å²) in [7, 11) is 0. The van der Waals surface area contributed by atoms with Crippen LogP contribution >= 0.6 is 11.3 Å². The highest BCUT2D eigenvalue weighted by Crippen LogP contribution is 2.26. The lowest BCUT2D eigenvalue weighted by Gasteiger charge is -2.08. The second kappa shape index (κ2) is 6.29. The first kappa shape index (κ1) is 14.7. The van der Waals surface area contributed by atoms with Crippen molar-refractivity contribution in [2.24, 2.45) is 0 Å². The maximum atomic E-state index is 12.1. The molecule has 5 heteroatoms. The number of hydrogen-bond donors (Lipinski definition) is 1. The van der Waals surface area contributed by atoms with Gasteiger partial charge in [0.1, 0.15) is 5.65 Å². The third-order valence-electron chi connectivity index (χ3n) is 3.77. The molecule has 118 valence electrons. The van der Waals surface area contributed by atoms with Gasteiger partial charge < -0.3 is 5.32 Å². The summed E-state index contributed by atoms with van der Waals surface area (Å²) in [5.41, 5.74) is 3.52. The topological polar surface area (TPSA) is 46.4 Å². The number of aromatic nitrogens is 2.